The Balaban J connectivity index is 1.79. The molecular formula is C19H15BrN2O2S. The number of benzene rings is 2. The lowest BCUT2D eigenvalue weighted by molar-refractivity contribution is 0.102. The maximum atomic E-state index is 12.7. The molecular weight excluding hydrogens is 400 g/mol. The maximum absolute atomic E-state index is 12.7. The number of nitrogens with zero attached hydrogens (tertiary/aromatic N) is 1. The van der Waals surface area contributed by atoms with Crippen molar-refractivity contribution in [2.75, 3.05) is 12.4 Å². The van der Waals surface area contributed by atoms with Crippen LogP contribution in [-0.2, 0) is 0 Å². The standard InChI is InChI=1S/C19H15BrN2O2S/c1-24-15-9-7-14(8-10-15)22-19(23)16-4-2-3-5-17(16)25-18-11-6-13(20)12-21-18/h2-12H,1H3,(H,22,23). The van der Waals surface area contributed by atoms with Crippen molar-refractivity contribution in [1.82, 2.24) is 4.98 Å². The van der Waals surface area contributed by atoms with Crippen molar-refractivity contribution in [1.29, 1.82) is 0 Å². The van der Waals surface area contributed by atoms with Crippen molar-refractivity contribution in [2.24, 2.45) is 0 Å². The van der Waals surface area contributed by atoms with Crippen molar-refractivity contribution in [3.63, 3.8) is 0 Å². The molecule has 126 valence electrons. The molecule has 0 aliphatic rings. The van der Waals surface area contributed by atoms with Crippen LogP contribution >= 0.6 is 27.7 Å². The van der Waals surface area contributed by atoms with Gasteiger partial charge in [-0.05, 0) is 64.5 Å². The van der Waals surface area contributed by atoms with Gasteiger partial charge in [0, 0.05) is 21.3 Å². The Morgan fingerprint density at radius 3 is 2.52 bits per heavy atom. The Morgan fingerprint density at radius 2 is 1.84 bits per heavy atom. The molecule has 0 aliphatic heterocycles. The Bertz CT molecular complexity index is 867. The minimum Gasteiger partial charge on any atom is -0.497 e. The molecule has 0 saturated carbocycles. The summed E-state index contributed by atoms with van der Waals surface area (Å²) in [5.41, 5.74) is 1.32. The predicted molar refractivity (Wildman–Crippen MR) is 103 cm³/mol. The molecule has 0 aliphatic carbocycles. The van der Waals surface area contributed by atoms with Gasteiger partial charge in [-0.1, -0.05) is 23.9 Å². The summed E-state index contributed by atoms with van der Waals surface area (Å²) < 4.78 is 6.05. The van der Waals surface area contributed by atoms with Gasteiger partial charge < -0.3 is 10.1 Å². The van der Waals surface area contributed by atoms with Gasteiger partial charge in [0.2, 0.25) is 0 Å². The first kappa shape index (κ1) is 17.5. The van der Waals surface area contributed by atoms with Crippen LogP contribution in [0.3, 0.4) is 0 Å². The Labute approximate surface area is 158 Å². The number of amides is 1. The number of carbonyl (C=O) groups is 1. The summed E-state index contributed by atoms with van der Waals surface area (Å²) >= 11 is 4.83. The lowest BCUT2D eigenvalue weighted by atomic mass is 10.2. The summed E-state index contributed by atoms with van der Waals surface area (Å²) in [5.74, 6) is 0.584. The summed E-state index contributed by atoms with van der Waals surface area (Å²) in [5, 5.41) is 3.74. The Morgan fingerprint density at radius 1 is 1.08 bits per heavy atom. The molecule has 2 aromatic carbocycles. The van der Waals surface area contributed by atoms with Crippen molar-refractivity contribution >= 4 is 39.3 Å². The van der Waals surface area contributed by atoms with Crippen LogP contribution < -0.4 is 10.1 Å². The van der Waals surface area contributed by atoms with Crippen LogP contribution in [0.1, 0.15) is 10.4 Å². The number of anilines is 1. The van der Waals surface area contributed by atoms with Crippen LogP contribution in [0.25, 0.3) is 0 Å². The second-order valence-corrected chi connectivity index (χ2v) is 7.07. The van der Waals surface area contributed by atoms with Gasteiger partial charge in [-0.3, -0.25) is 4.79 Å². The van der Waals surface area contributed by atoms with E-state index in [1.807, 2.05) is 54.6 Å². The summed E-state index contributed by atoms with van der Waals surface area (Å²) in [6, 6.07) is 18.5. The number of halogens is 1. The van der Waals surface area contributed by atoms with Crippen LogP contribution in [0, 0.1) is 0 Å². The molecule has 0 spiro atoms. The third-order valence-corrected chi connectivity index (χ3v) is 4.89. The fourth-order valence-corrected chi connectivity index (χ4v) is 3.27. The van der Waals surface area contributed by atoms with Crippen LogP contribution in [0.2, 0.25) is 0 Å². The number of hydrogen-bond acceptors (Lipinski definition) is 4. The molecule has 3 rings (SSSR count). The van der Waals surface area contributed by atoms with Crippen molar-refractivity contribution in [3.05, 3.63) is 76.9 Å². The monoisotopic (exact) mass is 414 g/mol. The normalized spacial score (nSPS) is 10.3. The number of methoxy groups -OCH3 is 1. The number of pyridine rings is 1. The highest BCUT2D eigenvalue weighted by Gasteiger charge is 2.13. The summed E-state index contributed by atoms with van der Waals surface area (Å²) in [7, 11) is 1.61. The molecule has 25 heavy (non-hydrogen) atoms. The third kappa shape index (κ3) is 4.61. The molecule has 0 saturated heterocycles. The molecule has 0 unspecified atom stereocenters. The predicted octanol–water partition coefficient (Wildman–Crippen LogP) is 5.26. The molecule has 4 nitrogen and oxygen atoms in total. The van der Waals surface area contributed by atoms with E-state index in [1.165, 1.54) is 11.8 Å². The summed E-state index contributed by atoms with van der Waals surface area (Å²) in [4.78, 5) is 17.8. The lowest BCUT2D eigenvalue weighted by Crippen LogP contribution is -2.12. The fraction of sp³-hybridized carbons (Fsp3) is 0.0526. The molecule has 0 radical (unpaired) electrons. The molecule has 0 atom stereocenters. The van der Waals surface area contributed by atoms with Gasteiger partial charge in [0.05, 0.1) is 12.7 Å². The van der Waals surface area contributed by atoms with Gasteiger partial charge in [-0.2, -0.15) is 0 Å². The summed E-state index contributed by atoms with van der Waals surface area (Å²) in [6.07, 6.45) is 1.74. The highest BCUT2D eigenvalue weighted by Crippen LogP contribution is 2.30. The minimum absolute atomic E-state index is 0.162. The first-order valence-corrected chi connectivity index (χ1v) is 9.10. The topological polar surface area (TPSA) is 51.2 Å². The number of rotatable bonds is 5. The third-order valence-electron chi connectivity index (χ3n) is 3.39. The molecule has 1 amide bonds. The maximum Gasteiger partial charge on any atom is 0.256 e. The van der Waals surface area contributed by atoms with E-state index in [0.717, 1.165) is 20.1 Å². The van der Waals surface area contributed by atoms with E-state index in [2.05, 4.69) is 26.2 Å². The van der Waals surface area contributed by atoms with Gasteiger partial charge in [0.25, 0.3) is 5.91 Å². The highest BCUT2D eigenvalue weighted by atomic mass is 79.9. The average Bonchev–Trinajstić information content (AvgIpc) is 2.64. The number of aromatic nitrogens is 1. The zero-order valence-electron chi connectivity index (χ0n) is 13.4. The molecule has 0 fully saturated rings. The van der Waals surface area contributed by atoms with Crippen LogP contribution in [-0.4, -0.2) is 18.0 Å². The number of ether oxygens (including phenoxy) is 1. The number of carbonyl (C=O) groups excluding carboxylic acids is 1. The highest BCUT2D eigenvalue weighted by molar-refractivity contribution is 9.10. The van der Waals surface area contributed by atoms with Gasteiger partial charge in [-0.15, -0.1) is 0 Å². The second-order valence-electron chi connectivity index (χ2n) is 5.10. The first-order valence-electron chi connectivity index (χ1n) is 7.49. The van der Waals surface area contributed by atoms with Crippen LogP contribution in [0.4, 0.5) is 5.69 Å². The first-order chi connectivity index (χ1) is 12.2. The van der Waals surface area contributed by atoms with E-state index >= 15 is 0 Å². The smallest absolute Gasteiger partial charge is 0.256 e. The van der Waals surface area contributed by atoms with E-state index in [0.29, 0.717) is 11.3 Å². The van der Waals surface area contributed by atoms with E-state index in [9.17, 15) is 4.79 Å². The SMILES string of the molecule is COc1ccc(NC(=O)c2ccccc2Sc2ccc(Br)cn2)cc1. The quantitative estimate of drug-likeness (QED) is 0.618. The van der Waals surface area contributed by atoms with Crippen molar-refractivity contribution in [2.45, 2.75) is 9.92 Å². The molecule has 0 bridgehead atoms. The van der Waals surface area contributed by atoms with Crippen molar-refractivity contribution < 1.29 is 9.53 Å². The van der Waals surface area contributed by atoms with Gasteiger partial charge in [0.1, 0.15) is 10.8 Å². The fourth-order valence-electron chi connectivity index (χ4n) is 2.15. The van der Waals surface area contributed by atoms with Gasteiger partial charge >= 0.3 is 0 Å². The minimum atomic E-state index is -0.162. The largest absolute Gasteiger partial charge is 0.497 e. The Hall–Kier alpha value is -2.31. The number of nitrogens with one attached hydrogen (secondary N) is 1. The summed E-state index contributed by atoms with van der Waals surface area (Å²) in [6.45, 7) is 0. The average molecular weight is 415 g/mol. The second kappa shape index (κ2) is 8.18. The molecule has 6 heteroatoms. The van der Waals surface area contributed by atoms with E-state index in [1.54, 1.807) is 19.4 Å². The zero-order chi connectivity index (χ0) is 17.6. The van der Waals surface area contributed by atoms with Crippen LogP contribution in [0.5, 0.6) is 5.75 Å². The molecule has 1 N–H and O–H groups in total. The number of hydrogen-bond donors (Lipinski definition) is 1. The van der Waals surface area contributed by atoms with Gasteiger partial charge in [0.15, 0.2) is 0 Å². The van der Waals surface area contributed by atoms with E-state index in [4.69, 9.17) is 4.74 Å². The molecule has 1 heterocycles. The molecule has 3 aromatic rings. The van der Waals surface area contributed by atoms with Crippen molar-refractivity contribution in [3.8, 4) is 5.75 Å². The van der Waals surface area contributed by atoms with E-state index < -0.39 is 0 Å². The van der Waals surface area contributed by atoms with Crippen LogP contribution in [0.15, 0.2) is 81.3 Å². The zero-order valence-corrected chi connectivity index (χ0v) is 15.8. The van der Waals surface area contributed by atoms with E-state index in [-0.39, 0.29) is 5.91 Å². The Kier molecular flexibility index (Phi) is 5.73. The molecule has 1 aromatic heterocycles. The lowest BCUT2D eigenvalue weighted by Gasteiger charge is -2.10. The van der Waals surface area contributed by atoms with Gasteiger partial charge in [-0.25, -0.2) is 4.98 Å².